The van der Waals surface area contributed by atoms with Gasteiger partial charge >= 0.3 is 0 Å². The number of anilines is 1. The molecule has 1 saturated heterocycles. The van der Waals surface area contributed by atoms with Crippen LogP contribution in [0.4, 0.5) is 5.13 Å². The van der Waals surface area contributed by atoms with Gasteiger partial charge in [0.15, 0.2) is 4.34 Å². The molecule has 2 heterocycles. The first-order valence-electron chi connectivity index (χ1n) is 6.67. The SMILES string of the molecule is CC(C)CNc1nnc(SC2CCCCNC2=O)s1. The Hall–Kier alpha value is -0.820. The van der Waals surface area contributed by atoms with Crippen LogP contribution in [0.15, 0.2) is 4.34 Å². The molecule has 2 rings (SSSR count). The van der Waals surface area contributed by atoms with Crippen molar-refractivity contribution in [1.29, 1.82) is 0 Å². The zero-order chi connectivity index (χ0) is 13.7. The van der Waals surface area contributed by atoms with Crippen LogP contribution in [-0.4, -0.2) is 34.4 Å². The van der Waals surface area contributed by atoms with E-state index in [9.17, 15) is 4.79 Å². The Bertz CT molecular complexity index is 422. The molecular formula is C12H20N4OS2. The van der Waals surface area contributed by atoms with Gasteiger partial charge in [0, 0.05) is 13.1 Å². The number of amides is 1. The third-order valence-corrected chi connectivity index (χ3v) is 5.03. The van der Waals surface area contributed by atoms with Gasteiger partial charge in [-0.15, -0.1) is 10.2 Å². The molecule has 2 N–H and O–H groups in total. The number of hydrogen-bond acceptors (Lipinski definition) is 6. The molecule has 0 radical (unpaired) electrons. The second-order valence-corrected chi connectivity index (χ2v) is 7.47. The molecule has 1 unspecified atom stereocenters. The largest absolute Gasteiger partial charge is 0.360 e. The minimum atomic E-state index is -0.0200. The van der Waals surface area contributed by atoms with Crippen molar-refractivity contribution in [3.8, 4) is 0 Å². The zero-order valence-electron chi connectivity index (χ0n) is 11.3. The summed E-state index contributed by atoms with van der Waals surface area (Å²) >= 11 is 3.06. The van der Waals surface area contributed by atoms with Gasteiger partial charge in [0.05, 0.1) is 5.25 Å². The number of aromatic nitrogens is 2. The van der Waals surface area contributed by atoms with Gasteiger partial charge < -0.3 is 10.6 Å². The van der Waals surface area contributed by atoms with Gasteiger partial charge in [-0.05, 0) is 18.8 Å². The van der Waals surface area contributed by atoms with Crippen LogP contribution in [0, 0.1) is 5.92 Å². The summed E-state index contributed by atoms with van der Waals surface area (Å²) in [5.74, 6) is 0.710. The standard InChI is InChI=1S/C12H20N4OS2/c1-8(2)7-14-11-15-16-12(19-11)18-9-5-3-4-6-13-10(9)17/h8-9H,3-7H2,1-2H3,(H,13,17)(H,14,15). The molecule has 1 aliphatic heterocycles. The van der Waals surface area contributed by atoms with Gasteiger partial charge in [-0.25, -0.2) is 0 Å². The molecule has 1 amide bonds. The van der Waals surface area contributed by atoms with E-state index in [1.807, 2.05) is 0 Å². The molecule has 1 aliphatic rings. The van der Waals surface area contributed by atoms with Crippen LogP contribution >= 0.6 is 23.1 Å². The highest BCUT2D eigenvalue weighted by Crippen LogP contribution is 2.31. The highest BCUT2D eigenvalue weighted by atomic mass is 32.2. The van der Waals surface area contributed by atoms with Crippen molar-refractivity contribution in [3.05, 3.63) is 0 Å². The highest BCUT2D eigenvalue weighted by molar-refractivity contribution is 8.02. The number of nitrogens with zero attached hydrogens (tertiary/aromatic N) is 2. The lowest BCUT2D eigenvalue weighted by Gasteiger charge is -2.09. The lowest BCUT2D eigenvalue weighted by atomic mass is 10.2. The monoisotopic (exact) mass is 300 g/mol. The summed E-state index contributed by atoms with van der Waals surface area (Å²) in [4.78, 5) is 11.8. The molecule has 0 saturated carbocycles. The lowest BCUT2D eigenvalue weighted by Crippen LogP contribution is -2.30. The van der Waals surface area contributed by atoms with E-state index in [-0.39, 0.29) is 11.2 Å². The maximum atomic E-state index is 11.8. The van der Waals surface area contributed by atoms with Crippen molar-refractivity contribution in [3.63, 3.8) is 0 Å². The first kappa shape index (κ1) is 14.6. The van der Waals surface area contributed by atoms with Crippen LogP contribution < -0.4 is 10.6 Å². The minimum absolute atomic E-state index is 0.0200. The highest BCUT2D eigenvalue weighted by Gasteiger charge is 2.23. The van der Waals surface area contributed by atoms with Crippen molar-refractivity contribution in [2.45, 2.75) is 42.7 Å². The van der Waals surface area contributed by atoms with E-state index in [1.165, 1.54) is 23.1 Å². The van der Waals surface area contributed by atoms with E-state index < -0.39 is 0 Å². The van der Waals surface area contributed by atoms with Gasteiger partial charge in [-0.1, -0.05) is 43.4 Å². The van der Waals surface area contributed by atoms with Crippen LogP contribution in [0.5, 0.6) is 0 Å². The fourth-order valence-electron chi connectivity index (χ4n) is 1.77. The number of thioether (sulfide) groups is 1. The van der Waals surface area contributed by atoms with E-state index in [1.54, 1.807) is 0 Å². The van der Waals surface area contributed by atoms with E-state index >= 15 is 0 Å². The van der Waals surface area contributed by atoms with Gasteiger partial charge in [-0.2, -0.15) is 0 Å². The second kappa shape index (κ2) is 7.09. The summed E-state index contributed by atoms with van der Waals surface area (Å²) in [5.41, 5.74) is 0. The molecule has 0 spiro atoms. The average molecular weight is 300 g/mol. The number of carbonyl (C=O) groups is 1. The van der Waals surface area contributed by atoms with E-state index in [0.29, 0.717) is 5.92 Å². The molecule has 0 aliphatic carbocycles. The Morgan fingerprint density at radius 2 is 2.32 bits per heavy atom. The van der Waals surface area contributed by atoms with Gasteiger partial charge in [0.25, 0.3) is 0 Å². The summed E-state index contributed by atoms with van der Waals surface area (Å²) in [6, 6.07) is 0. The normalized spacial score (nSPS) is 20.2. The van der Waals surface area contributed by atoms with Crippen molar-refractivity contribution >= 4 is 34.1 Å². The Balaban J connectivity index is 1.89. The lowest BCUT2D eigenvalue weighted by molar-refractivity contribution is -0.120. The Labute approximate surface area is 122 Å². The first-order valence-corrected chi connectivity index (χ1v) is 8.36. The average Bonchev–Trinajstić information content (AvgIpc) is 2.72. The van der Waals surface area contributed by atoms with Crippen LogP contribution in [0.1, 0.15) is 33.1 Å². The van der Waals surface area contributed by atoms with Crippen molar-refractivity contribution in [2.75, 3.05) is 18.4 Å². The Kier molecular flexibility index (Phi) is 5.45. The van der Waals surface area contributed by atoms with Gasteiger partial charge in [-0.3, -0.25) is 4.79 Å². The molecule has 1 aromatic heterocycles. The predicted molar refractivity (Wildman–Crippen MR) is 79.7 cm³/mol. The molecule has 106 valence electrons. The quantitative estimate of drug-likeness (QED) is 0.874. The molecule has 1 fully saturated rings. The number of rotatable bonds is 5. The van der Waals surface area contributed by atoms with E-state index in [0.717, 1.165) is 41.8 Å². The molecule has 1 atom stereocenters. The molecule has 1 aromatic rings. The topological polar surface area (TPSA) is 66.9 Å². The van der Waals surface area contributed by atoms with Crippen LogP contribution in [0.3, 0.4) is 0 Å². The van der Waals surface area contributed by atoms with Gasteiger partial charge in [0.2, 0.25) is 11.0 Å². The Morgan fingerprint density at radius 3 is 3.11 bits per heavy atom. The second-order valence-electron chi connectivity index (χ2n) is 5.04. The predicted octanol–water partition coefficient (Wildman–Crippen LogP) is 2.37. The maximum absolute atomic E-state index is 11.8. The van der Waals surface area contributed by atoms with Crippen LogP contribution in [0.2, 0.25) is 0 Å². The molecule has 0 bridgehead atoms. The number of nitrogens with one attached hydrogen (secondary N) is 2. The van der Waals surface area contributed by atoms with Gasteiger partial charge in [0.1, 0.15) is 0 Å². The maximum Gasteiger partial charge on any atom is 0.233 e. The zero-order valence-corrected chi connectivity index (χ0v) is 12.9. The van der Waals surface area contributed by atoms with E-state index in [4.69, 9.17) is 0 Å². The van der Waals surface area contributed by atoms with E-state index in [2.05, 4.69) is 34.7 Å². The smallest absolute Gasteiger partial charge is 0.233 e. The van der Waals surface area contributed by atoms with Crippen LogP contribution in [0.25, 0.3) is 0 Å². The minimum Gasteiger partial charge on any atom is -0.360 e. The summed E-state index contributed by atoms with van der Waals surface area (Å²) in [5, 5.41) is 15.3. The fourth-order valence-corrected chi connectivity index (χ4v) is 3.83. The number of carbonyl (C=O) groups excluding carboxylic acids is 1. The third-order valence-electron chi connectivity index (χ3n) is 2.80. The van der Waals surface area contributed by atoms with Crippen molar-refractivity contribution < 1.29 is 4.79 Å². The third kappa shape index (κ3) is 4.65. The first-order chi connectivity index (χ1) is 9.15. The molecule has 7 heteroatoms. The molecule has 5 nitrogen and oxygen atoms in total. The summed E-state index contributed by atoms with van der Waals surface area (Å²) in [6.45, 7) is 6.00. The summed E-state index contributed by atoms with van der Waals surface area (Å²) in [7, 11) is 0. The molecule has 0 aromatic carbocycles. The molecular weight excluding hydrogens is 280 g/mol. The van der Waals surface area contributed by atoms with Crippen molar-refractivity contribution in [2.24, 2.45) is 5.92 Å². The summed E-state index contributed by atoms with van der Waals surface area (Å²) in [6.07, 6.45) is 3.08. The summed E-state index contributed by atoms with van der Waals surface area (Å²) < 4.78 is 0.869. The number of hydrogen-bond donors (Lipinski definition) is 2. The van der Waals surface area contributed by atoms with Crippen molar-refractivity contribution in [1.82, 2.24) is 15.5 Å². The Morgan fingerprint density at radius 1 is 1.47 bits per heavy atom. The van der Waals surface area contributed by atoms with Crippen LogP contribution in [-0.2, 0) is 4.79 Å². The fraction of sp³-hybridized carbons (Fsp3) is 0.750. The molecule has 19 heavy (non-hydrogen) atoms.